The first kappa shape index (κ1) is 62.6. The summed E-state index contributed by atoms with van der Waals surface area (Å²) in [6.45, 7) is 18.2. The highest BCUT2D eigenvalue weighted by Crippen LogP contribution is 2.22. The fourth-order valence-electron chi connectivity index (χ4n) is 6.65. The molecule has 400 valence electrons. The molecule has 3 rings (SSSR count). The minimum absolute atomic E-state index is 0.218. The molecule has 3 aromatic rings. The lowest BCUT2D eigenvalue weighted by molar-refractivity contribution is -0.153. The van der Waals surface area contributed by atoms with Gasteiger partial charge in [0.15, 0.2) is 12.2 Å². The van der Waals surface area contributed by atoms with Gasteiger partial charge in [-0.05, 0) is 94.9 Å². The first-order valence-electron chi connectivity index (χ1n) is 25.8. The van der Waals surface area contributed by atoms with E-state index >= 15 is 0 Å². The standard InChI is InChI=1S/C32H44O8.C26H40O6/c1-26(2)32(34)39-21-10-5-4-9-18-31(33)40-30(27-14-7-6-8-15-27)25-37-20-12-11-19-36-22-23-38-29-17-13-16-28(24-29)35-3;1-4-17-29-18-12-13-19-30-21-24(23-14-8-7-9-15-23)32-25(27)16-10-5-6-11-20-31-26(28)22(2)3/h6-8,13-17,24,30H,1,4-5,9-12,18-23,25H2,2-3H3;7-9,14-15,24H,2,4-6,10-13,16-21H2,1,3H3. The highest BCUT2D eigenvalue weighted by Gasteiger charge is 2.18. The van der Waals surface area contributed by atoms with Crippen LogP contribution in [0.3, 0.4) is 0 Å². The number of hydrogen-bond acceptors (Lipinski definition) is 14. The van der Waals surface area contributed by atoms with Gasteiger partial charge in [-0.25, -0.2) is 9.59 Å². The second-order valence-electron chi connectivity index (χ2n) is 17.3. The van der Waals surface area contributed by atoms with Crippen LogP contribution in [0.1, 0.15) is 140 Å². The molecule has 3 aromatic carbocycles. The van der Waals surface area contributed by atoms with Crippen LogP contribution in [0, 0.1) is 0 Å². The van der Waals surface area contributed by atoms with Gasteiger partial charge in [0, 0.05) is 63.1 Å². The Morgan fingerprint density at radius 1 is 0.458 bits per heavy atom. The Morgan fingerprint density at radius 2 is 0.875 bits per heavy atom. The Labute approximate surface area is 430 Å². The minimum Gasteiger partial charge on any atom is -0.497 e. The van der Waals surface area contributed by atoms with Gasteiger partial charge in [0.2, 0.25) is 0 Å². The number of benzene rings is 3. The summed E-state index contributed by atoms with van der Waals surface area (Å²) >= 11 is 0. The summed E-state index contributed by atoms with van der Waals surface area (Å²) in [6.07, 6.45) is 11.0. The molecule has 72 heavy (non-hydrogen) atoms. The van der Waals surface area contributed by atoms with Gasteiger partial charge in [0.25, 0.3) is 0 Å². The molecular weight excluding hydrogens is 921 g/mol. The Morgan fingerprint density at radius 3 is 1.32 bits per heavy atom. The second kappa shape index (κ2) is 42.0. The summed E-state index contributed by atoms with van der Waals surface area (Å²) in [5.41, 5.74) is 2.66. The Bertz CT molecular complexity index is 1900. The van der Waals surface area contributed by atoms with Crippen molar-refractivity contribution in [1.29, 1.82) is 0 Å². The van der Waals surface area contributed by atoms with Crippen LogP contribution in [0.15, 0.2) is 109 Å². The van der Waals surface area contributed by atoms with E-state index in [4.69, 9.17) is 47.4 Å². The van der Waals surface area contributed by atoms with Gasteiger partial charge in [-0.15, -0.1) is 0 Å². The van der Waals surface area contributed by atoms with Crippen molar-refractivity contribution >= 4 is 23.9 Å². The molecule has 0 fully saturated rings. The van der Waals surface area contributed by atoms with E-state index in [2.05, 4.69) is 20.1 Å². The molecule has 14 nitrogen and oxygen atoms in total. The van der Waals surface area contributed by atoms with Crippen LogP contribution in [0.2, 0.25) is 0 Å². The number of carbonyl (C=O) groups excluding carboxylic acids is 4. The molecule has 2 atom stereocenters. The molecule has 0 spiro atoms. The fraction of sp³-hybridized carbons (Fsp3) is 0.552. The number of ether oxygens (including phenoxy) is 10. The third-order valence-corrected chi connectivity index (χ3v) is 10.7. The summed E-state index contributed by atoms with van der Waals surface area (Å²) in [7, 11) is 1.63. The molecule has 0 radical (unpaired) electrons. The fourth-order valence-corrected chi connectivity index (χ4v) is 6.65. The Kier molecular flexibility index (Phi) is 36.5. The van der Waals surface area contributed by atoms with E-state index in [9.17, 15) is 19.2 Å². The lowest BCUT2D eigenvalue weighted by Crippen LogP contribution is -2.17. The zero-order valence-corrected chi connectivity index (χ0v) is 43.8. The van der Waals surface area contributed by atoms with E-state index in [1.165, 1.54) is 0 Å². The van der Waals surface area contributed by atoms with E-state index in [1.807, 2.05) is 84.9 Å². The zero-order chi connectivity index (χ0) is 52.3. The zero-order valence-electron chi connectivity index (χ0n) is 43.8. The molecule has 0 aliphatic heterocycles. The molecule has 14 heteroatoms. The smallest absolute Gasteiger partial charge is 0.333 e. The molecule has 0 bridgehead atoms. The van der Waals surface area contributed by atoms with Crippen LogP contribution in [-0.2, 0) is 57.1 Å². The van der Waals surface area contributed by atoms with Crippen LogP contribution in [0.4, 0.5) is 0 Å². The van der Waals surface area contributed by atoms with Gasteiger partial charge < -0.3 is 47.4 Å². The summed E-state index contributed by atoms with van der Waals surface area (Å²) in [6, 6.07) is 26.8. The monoisotopic (exact) mass is 1000 g/mol. The third-order valence-electron chi connectivity index (χ3n) is 10.7. The predicted molar refractivity (Wildman–Crippen MR) is 279 cm³/mol. The number of unbranched alkanes of at least 4 members (excludes halogenated alkanes) is 8. The number of esters is 4. The van der Waals surface area contributed by atoms with Crippen molar-refractivity contribution < 1.29 is 66.5 Å². The molecule has 0 aliphatic rings. The van der Waals surface area contributed by atoms with E-state index < -0.39 is 12.2 Å². The molecule has 0 N–H and O–H groups in total. The number of hydrogen-bond donors (Lipinski definition) is 0. The number of rotatable bonds is 41. The van der Waals surface area contributed by atoms with Gasteiger partial charge in [0.1, 0.15) is 18.1 Å². The molecular formula is C58H84O14. The summed E-state index contributed by atoms with van der Waals surface area (Å²) in [5.74, 6) is 0.337. The molecule has 0 saturated heterocycles. The van der Waals surface area contributed by atoms with Crippen molar-refractivity contribution in [2.45, 2.75) is 129 Å². The second-order valence-corrected chi connectivity index (χ2v) is 17.3. The van der Waals surface area contributed by atoms with Crippen molar-refractivity contribution in [3.8, 4) is 11.5 Å². The van der Waals surface area contributed by atoms with Crippen molar-refractivity contribution in [3.63, 3.8) is 0 Å². The lowest BCUT2D eigenvalue weighted by atomic mass is 10.1. The summed E-state index contributed by atoms with van der Waals surface area (Å²) < 4.78 is 55.2. The topological polar surface area (TPSA) is 161 Å². The summed E-state index contributed by atoms with van der Waals surface area (Å²) in [4.78, 5) is 47.5. The van der Waals surface area contributed by atoms with E-state index in [0.29, 0.717) is 83.4 Å². The van der Waals surface area contributed by atoms with Crippen molar-refractivity contribution in [1.82, 2.24) is 0 Å². The molecule has 0 amide bonds. The highest BCUT2D eigenvalue weighted by atomic mass is 16.6. The SMILES string of the molecule is C=C(C)C(=O)OCCCCCCC(=O)OC(COCCCCOCCC)c1ccccc1.C=C(C)C(=O)OCCCCCCC(=O)OC(COCCCCOCCOc1cccc(OC)c1)c1ccccc1. The van der Waals surface area contributed by atoms with Crippen molar-refractivity contribution in [3.05, 3.63) is 120 Å². The Balaban J connectivity index is 0.000000506. The van der Waals surface area contributed by atoms with E-state index in [-0.39, 0.29) is 23.9 Å². The number of methoxy groups -OCH3 is 1. The van der Waals surface area contributed by atoms with Gasteiger partial charge in [0.05, 0.1) is 40.1 Å². The quantitative estimate of drug-likeness (QED) is 0.0228. The Hall–Kier alpha value is -5.54. The van der Waals surface area contributed by atoms with Crippen LogP contribution in [0.5, 0.6) is 11.5 Å². The molecule has 0 saturated carbocycles. The van der Waals surface area contributed by atoms with Crippen molar-refractivity contribution in [2.24, 2.45) is 0 Å². The van der Waals surface area contributed by atoms with Gasteiger partial charge in [-0.2, -0.15) is 0 Å². The van der Waals surface area contributed by atoms with Crippen LogP contribution < -0.4 is 9.47 Å². The van der Waals surface area contributed by atoms with Crippen LogP contribution in [-0.4, -0.2) is 104 Å². The molecule has 0 aromatic heterocycles. The first-order valence-corrected chi connectivity index (χ1v) is 25.8. The molecule has 0 heterocycles. The third kappa shape index (κ3) is 32.4. The maximum absolute atomic E-state index is 12.5. The maximum Gasteiger partial charge on any atom is 0.333 e. The predicted octanol–water partition coefficient (Wildman–Crippen LogP) is 11.8. The average molecular weight is 1010 g/mol. The normalized spacial score (nSPS) is 11.6. The largest absolute Gasteiger partial charge is 0.497 e. The summed E-state index contributed by atoms with van der Waals surface area (Å²) in [5, 5.41) is 0. The number of carbonyl (C=O) groups is 4. The minimum atomic E-state index is -0.444. The first-order chi connectivity index (χ1) is 35.0. The highest BCUT2D eigenvalue weighted by molar-refractivity contribution is 5.87. The van der Waals surface area contributed by atoms with E-state index in [1.54, 1.807) is 21.0 Å². The van der Waals surface area contributed by atoms with E-state index in [0.717, 1.165) is 119 Å². The van der Waals surface area contributed by atoms with Crippen LogP contribution in [0.25, 0.3) is 0 Å². The van der Waals surface area contributed by atoms with Crippen molar-refractivity contribution in [2.75, 3.05) is 79.8 Å². The van der Waals surface area contributed by atoms with Crippen LogP contribution >= 0.6 is 0 Å². The van der Waals surface area contributed by atoms with Gasteiger partial charge in [-0.1, -0.05) is 112 Å². The van der Waals surface area contributed by atoms with Gasteiger partial charge >= 0.3 is 23.9 Å². The average Bonchev–Trinajstić information content (AvgIpc) is 3.39. The molecule has 0 aliphatic carbocycles. The lowest BCUT2D eigenvalue weighted by Gasteiger charge is -2.18. The van der Waals surface area contributed by atoms with Gasteiger partial charge in [-0.3, -0.25) is 9.59 Å². The maximum atomic E-state index is 12.5. The molecule has 2 unspecified atom stereocenters.